The van der Waals surface area contributed by atoms with Crippen LogP contribution in [0, 0.1) is 23.7 Å². The van der Waals surface area contributed by atoms with Crippen LogP contribution in [-0.4, -0.2) is 0 Å². The van der Waals surface area contributed by atoms with Crippen LogP contribution in [0.25, 0.3) is 0 Å². The van der Waals surface area contributed by atoms with Crippen LogP contribution >= 0.6 is 0 Å². The number of unbranched alkanes of at least 4 members (excludes halogenated alkanes) is 1. The SMILES string of the molecule is C=C(C)C(CCCC)C1CC2CCC1C2. The third-order valence-electron chi connectivity index (χ3n) is 4.81. The highest BCUT2D eigenvalue weighted by Crippen LogP contribution is 2.53. The Hall–Kier alpha value is -0.260. The molecule has 2 saturated carbocycles. The van der Waals surface area contributed by atoms with E-state index < -0.39 is 0 Å². The molecule has 0 aromatic carbocycles. The van der Waals surface area contributed by atoms with Gasteiger partial charge in [0.1, 0.15) is 0 Å². The normalized spacial score (nSPS) is 35.7. The summed E-state index contributed by atoms with van der Waals surface area (Å²) in [5.74, 6) is 4.00. The Morgan fingerprint density at radius 3 is 2.60 bits per heavy atom. The van der Waals surface area contributed by atoms with Crippen LogP contribution in [0.5, 0.6) is 0 Å². The molecule has 15 heavy (non-hydrogen) atoms. The molecule has 2 aliphatic carbocycles. The summed E-state index contributed by atoms with van der Waals surface area (Å²) in [5.41, 5.74) is 1.46. The van der Waals surface area contributed by atoms with E-state index in [1.807, 2.05) is 0 Å². The first-order valence-corrected chi connectivity index (χ1v) is 6.87. The van der Waals surface area contributed by atoms with Crippen molar-refractivity contribution in [2.24, 2.45) is 23.7 Å². The smallest absolute Gasteiger partial charge is 0.0178 e. The van der Waals surface area contributed by atoms with Crippen molar-refractivity contribution in [2.75, 3.05) is 0 Å². The molecule has 0 amide bonds. The van der Waals surface area contributed by atoms with E-state index in [-0.39, 0.29) is 0 Å². The molecule has 2 rings (SSSR count). The second-order valence-corrected chi connectivity index (χ2v) is 5.93. The highest BCUT2D eigenvalue weighted by molar-refractivity contribution is 5.04. The van der Waals surface area contributed by atoms with Crippen molar-refractivity contribution in [1.29, 1.82) is 0 Å². The number of hydrogen-bond acceptors (Lipinski definition) is 0. The van der Waals surface area contributed by atoms with Crippen molar-refractivity contribution in [3.05, 3.63) is 12.2 Å². The predicted molar refractivity (Wildman–Crippen MR) is 66.8 cm³/mol. The van der Waals surface area contributed by atoms with Gasteiger partial charge in [-0.05, 0) is 56.3 Å². The van der Waals surface area contributed by atoms with E-state index in [4.69, 9.17) is 0 Å². The van der Waals surface area contributed by atoms with Crippen LogP contribution < -0.4 is 0 Å². The van der Waals surface area contributed by atoms with Gasteiger partial charge in [-0.15, -0.1) is 0 Å². The van der Waals surface area contributed by atoms with E-state index in [1.165, 1.54) is 44.1 Å². The summed E-state index contributed by atoms with van der Waals surface area (Å²) in [4.78, 5) is 0. The molecule has 0 nitrogen and oxygen atoms in total. The standard InChI is InChI=1S/C15H26/c1-4-5-6-14(11(2)3)15-10-12-7-8-13(15)9-12/h12-15H,2,4-10H2,1,3H3. The Kier molecular flexibility index (Phi) is 3.53. The van der Waals surface area contributed by atoms with Crippen molar-refractivity contribution in [1.82, 2.24) is 0 Å². The topological polar surface area (TPSA) is 0 Å². The maximum absolute atomic E-state index is 4.24. The molecular formula is C15H26. The fourth-order valence-corrected chi connectivity index (χ4v) is 4.04. The molecule has 2 bridgehead atoms. The van der Waals surface area contributed by atoms with E-state index in [0.29, 0.717) is 0 Å². The number of hydrogen-bond donors (Lipinski definition) is 0. The van der Waals surface area contributed by atoms with E-state index >= 15 is 0 Å². The fourth-order valence-electron chi connectivity index (χ4n) is 4.04. The Bertz CT molecular complexity index is 228. The van der Waals surface area contributed by atoms with Crippen molar-refractivity contribution in [2.45, 2.75) is 58.8 Å². The largest absolute Gasteiger partial charge is 0.0999 e. The van der Waals surface area contributed by atoms with Gasteiger partial charge < -0.3 is 0 Å². The van der Waals surface area contributed by atoms with E-state index in [1.54, 1.807) is 6.42 Å². The summed E-state index contributed by atoms with van der Waals surface area (Å²) >= 11 is 0. The number of fused-ring (bicyclic) bond motifs is 2. The minimum Gasteiger partial charge on any atom is -0.0999 e. The van der Waals surface area contributed by atoms with Gasteiger partial charge in [0.2, 0.25) is 0 Å². The van der Waals surface area contributed by atoms with Gasteiger partial charge in [0.25, 0.3) is 0 Å². The quantitative estimate of drug-likeness (QED) is 0.566. The highest BCUT2D eigenvalue weighted by Gasteiger charge is 2.42. The third kappa shape index (κ3) is 2.29. The van der Waals surface area contributed by atoms with Crippen molar-refractivity contribution in [3.8, 4) is 0 Å². The average Bonchev–Trinajstić information content (AvgIpc) is 2.79. The monoisotopic (exact) mass is 206 g/mol. The van der Waals surface area contributed by atoms with Crippen molar-refractivity contribution < 1.29 is 0 Å². The summed E-state index contributed by atoms with van der Waals surface area (Å²) < 4.78 is 0. The van der Waals surface area contributed by atoms with Gasteiger partial charge in [0.05, 0.1) is 0 Å². The van der Waals surface area contributed by atoms with Crippen LogP contribution in [0.3, 0.4) is 0 Å². The first-order chi connectivity index (χ1) is 7.22. The van der Waals surface area contributed by atoms with Gasteiger partial charge in [-0.25, -0.2) is 0 Å². The molecule has 0 radical (unpaired) electrons. The molecule has 2 aliphatic rings. The van der Waals surface area contributed by atoms with Crippen LogP contribution in [0.15, 0.2) is 12.2 Å². The first kappa shape index (κ1) is 11.2. The minimum atomic E-state index is 0.847. The summed E-state index contributed by atoms with van der Waals surface area (Å²) in [6.07, 6.45) is 10.2. The van der Waals surface area contributed by atoms with E-state index in [0.717, 1.165) is 23.7 Å². The summed E-state index contributed by atoms with van der Waals surface area (Å²) in [6.45, 7) is 8.79. The zero-order chi connectivity index (χ0) is 10.8. The molecule has 0 heterocycles. The summed E-state index contributed by atoms with van der Waals surface area (Å²) in [5, 5.41) is 0. The van der Waals surface area contributed by atoms with Crippen LogP contribution in [0.4, 0.5) is 0 Å². The number of rotatable bonds is 5. The Morgan fingerprint density at radius 1 is 1.33 bits per heavy atom. The van der Waals surface area contributed by atoms with Gasteiger partial charge in [-0.1, -0.05) is 38.3 Å². The summed E-state index contributed by atoms with van der Waals surface area (Å²) in [7, 11) is 0. The van der Waals surface area contributed by atoms with Gasteiger partial charge in [0, 0.05) is 0 Å². The average molecular weight is 206 g/mol. The molecular weight excluding hydrogens is 180 g/mol. The molecule has 0 saturated heterocycles. The Balaban J connectivity index is 1.96. The lowest BCUT2D eigenvalue weighted by atomic mass is 9.74. The zero-order valence-electron chi connectivity index (χ0n) is 10.5. The van der Waals surface area contributed by atoms with Gasteiger partial charge in [-0.3, -0.25) is 0 Å². The lowest BCUT2D eigenvalue weighted by Crippen LogP contribution is -2.21. The third-order valence-corrected chi connectivity index (χ3v) is 4.81. The lowest BCUT2D eigenvalue weighted by Gasteiger charge is -2.31. The summed E-state index contributed by atoms with van der Waals surface area (Å²) in [6, 6.07) is 0. The van der Waals surface area contributed by atoms with Crippen LogP contribution in [0.1, 0.15) is 58.8 Å². The van der Waals surface area contributed by atoms with Gasteiger partial charge in [0.15, 0.2) is 0 Å². The highest BCUT2D eigenvalue weighted by atomic mass is 14.5. The van der Waals surface area contributed by atoms with E-state index in [9.17, 15) is 0 Å². The van der Waals surface area contributed by atoms with Crippen LogP contribution in [0.2, 0.25) is 0 Å². The molecule has 4 unspecified atom stereocenters. The maximum atomic E-state index is 4.24. The Morgan fingerprint density at radius 2 is 2.13 bits per heavy atom. The van der Waals surface area contributed by atoms with Crippen LogP contribution in [-0.2, 0) is 0 Å². The van der Waals surface area contributed by atoms with Crippen molar-refractivity contribution in [3.63, 3.8) is 0 Å². The molecule has 0 aromatic heterocycles. The lowest BCUT2D eigenvalue weighted by molar-refractivity contribution is 0.241. The molecule has 0 heteroatoms. The zero-order valence-corrected chi connectivity index (χ0v) is 10.5. The Labute approximate surface area is 95.1 Å². The van der Waals surface area contributed by atoms with E-state index in [2.05, 4.69) is 20.4 Å². The molecule has 0 N–H and O–H groups in total. The molecule has 2 fully saturated rings. The molecule has 0 aliphatic heterocycles. The second kappa shape index (κ2) is 4.72. The molecule has 0 spiro atoms. The first-order valence-electron chi connectivity index (χ1n) is 6.87. The fraction of sp³-hybridized carbons (Fsp3) is 0.867. The minimum absolute atomic E-state index is 0.847. The molecule has 86 valence electrons. The molecule has 4 atom stereocenters. The molecule has 0 aromatic rings. The van der Waals surface area contributed by atoms with Gasteiger partial charge in [-0.2, -0.15) is 0 Å². The van der Waals surface area contributed by atoms with Gasteiger partial charge >= 0.3 is 0 Å². The number of allylic oxidation sites excluding steroid dienone is 1. The predicted octanol–water partition coefficient (Wildman–Crippen LogP) is 4.81. The second-order valence-electron chi connectivity index (χ2n) is 5.93. The maximum Gasteiger partial charge on any atom is -0.0178 e. The van der Waals surface area contributed by atoms with Crippen molar-refractivity contribution >= 4 is 0 Å².